The minimum Gasteiger partial charge on any atom is -0.349 e. The van der Waals surface area contributed by atoms with E-state index in [1.165, 1.54) is 40.9 Å². The van der Waals surface area contributed by atoms with Crippen molar-refractivity contribution >= 4 is 39.4 Å². The van der Waals surface area contributed by atoms with E-state index in [0.29, 0.717) is 38.9 Å². The Hall–Kier alpha value is -3.96. The predicted octanol–water partition coefficient (Wildman–Crippen LogP) is 6.51. The van der Waals surface area contributed by atoms with Gasteiger partial charge in [-0.3, -0.25) is 14.0 Å². The van der Waals surface area contributed by atoms with Crippen molar-refractivity contribution in [3.63, 3.8) is 0 Å². The number of amides is 2. The fourth-order valence-corrected chi connectivity index (χ4v) is 7.10. The summed E-state index contributed by atoms with van der Waals surface area (Å²) in [6.45, 7) is 4.45. The van der Waals surface area contributed by atoms with Crippen molar-refractivity contribution in [3.05, 3.63) is 88.3 Å². The van der Waals surface area contributed by atoms with E-state index >= 15 is 0 Å². The number of likely N-dealkylation sites (tertiary alicyclic amines) is 1. The molecule has 4 heterocycles. The third kappa shape index (κ3) is 5.27. The lowest BCUT2D eigenvalue weighted by molar-refractivity contribution is 0.0598. The second-order valence-corrected chi connectivity index (χ2v) is 12.0. The summed E-state index contributed by atoms with van der Waals surface area (Å²) < 4.78 is 30.4. The molecule has 0 aliphatic carbocycles. The molecule has 2 aromatic carbocycles. The molecule has 1 fully saturated rings. The van der Waals surface area contributed by atoms with Gasteiger partial charge in [0, 0.05) is 36.3 Å². The molecule has 11 heteroatoms. The molecule has 210 valence electrons. The normalized spacial score (nSPS) is 15.4. The van der Waals surface area contributed by atoms with E-state index in [0.717, 1.165) is 29.8 Å². The van der Waals surface area contributed by atoms with E-state index in [1.807, 2.05) is 18.5 Å². The van der Waals surface area contributed by atoms with Crippen LogP contribution in [0.5, 0.6) is 0 Å². The zero-order valence-electron chi connectivity index (χ0n) is 22.5. The first-order valence-corrected chi connectivity index (χ1v) is 15.0. The molecule has 0 spiro atoms. The summed E-state index contributed by atoms with van der Waals surface area (Å²) in [6, 6.07) is 10.4. The first kappa shape index (κ1) is 27.2. The van der Waals surface area contributed by atoms with Crippen LogP contribution in [-0.2, 0) is 0 Å². The van der Waals surface area contributed by atoms with Gasteiger partial charge in [-0.25, -0.2) is 18.7 Å². The van der Waals surface area contributed by atoms with Crippen LogP contribution in [0.2, 0.25) is 0 Å². The molecular weight excluding hydrogens is 564 g/mol. The number of piperidine rings is 1. The van der Waals surface area contributed by atoms with Gasteiger partial charge in [0.1, 0.15) is 28.0 Å². The van der Waals surface area contributed by atoms with Crippen LogP contribution >= 0.6 is 22.7 Å². The highest BCUT2D eigenvalue weighted by Crippen LogP contribution is 2.38. The van der Waals surface area contributed by atoms with Crippen LogP contribution in [0, 0.1) is 25.5 Å². The lowest BCUT2D eigenvalue weighted by atomic mass is 10.0. The second-order valence-electron chi connectivity index (χ2n) is 10.1. The van der Waals surface area contributed by atoms with Gasteiger partial charge >= 0.3 is 0 Å². The van der Waals surface area contributed by atoms with Gasteiger partial charge in [-0.05, 0) is 62.9 Å². The average molecular weight is 592 g/mol. The number of carbonyl (C=O) groups excluding carboxylic acids is 2. The Kier molecular flexibility index (Phi) is 7.39. The van der Waals surface area contributed by atoms with Gasteiger partial charge in [0.25, 0.3) is 11.8 Å². The Morgan fingerprint density at radius 2 is 1.88 bits per heavy atom. The fourth-order valence-electron chi connectivity index (χ4n) is 5.26. The molecule has 41 heavy (non-hydrogen) atoms. The highest BCUT2D eigenvalue weighted by atomic mass is 32.1. The van der Waals surface area contributed by atoms with Gasteiger partial charge in [-0.2, -0.15) is 0 Å². The molecule has 0 radical (unpaired) electrons. The van der Waals surface area contributed by atoms with Gasteiger partial charge in [-0.1, -0.05) is 23.8 Å². The number of hydrogen-bond acceptors (Lipinski definition) is 6. The molecule has 1 atom stereocenters. The van der Waals surface area contributed by atoms with Gasteiger partial charge in [0.2, 0.25) is 0 Å². The van der Waals surface area contributed by atoms with Crippen molar-refractivity contribution in [1.29, 1.82) is 0 Å². The van der Waals surface area contributed by atoms with Crippen molar-refractivity contribution in [2.24, 2.45) is 0 Å². The number of halogens is 2. The maximum Gasteiger partial charge on any atom is 0.274 e. The van der Waals surface area contributed by atoms with E-state index in [1.54, 1.807) is 40.5 Å². The summed E-state index contributed by atoms with van der Waals surface area (Å²) in [5, 5.41) is 5.27. The zero-order valence-corrected chi connectivity index (χ0v) is 24.1. The number of thiazole rings is 2. The van der Waals surface area contributed by atoms with Crippen LogP contribution in [-0.4, -0.2) is 50.2 Å². The van der Waals surface area contributed by atoms with E-state index in [2.05, 4.69) is 15.3 Å². The van der Waals surface area contributed by atoms with Crippen LogP contribution in [0.25, 0.3) is 26.0 Å². The van der Waals surface area contributed by atoms with Crippen LogP contribution in [0.4, 0.5) is 8.78 Å². The van der Waals surface area contributed by atoms with Crippen molar-refractivity contribution in [2.45, 2.75) is 39.2 Å². The number of aromatic nitrogens is 3. The number of rotatable bonds is 6. The molecule has 6 rings (SSSR count). The molecule has 1 aliphatic heterocycles. The first-order valence-electron chi connectivity index (χ1n) is 13.3. The number of imidazole rings is 1. The van der Waals surface area contributed by atoms with E-state index in [4.69, 9.17) is 0 Å². The maximum atomic E-state index is 14.8. The topological polar surface area (TPSA) is 79.6 Å². The summed E-state index contributed by atoms with van der Waals surface area (Å²) >= 11 is 2.67. The lowest BCUT2D eigenvalue weighted by Gasteiger charge is -2.35. The van der Waals surface area contributed by atoms with Gasteiger partial charge < -0.3 is 10.2 Å². The highest BCUT2D eigenvalue weighted by Gasteiger charge is 2.32. The molecule has 0 saturated carbocycles. The number of benzene rings is 2. The molecule has 3 aromatic heterocycles. The highest BCUT2D eigenvalue weighted by molar-refractivity contribution is 7.18. The van der Waals surface area contributed by atoms with Crippen LogP contribution in [0.3, 0.4) is 0 Å². The molecule has 7 nitrogen and oxygen atoms in total. The first-order chi connectivity index (χ1) is 19.8. The molecule has 1 saturated heterocycles. The van der Waals surface area contributed by atoms with E-state index in [9.17, 15) is 18.4 Å². The molecule has 5 aromatic rings. The standard InChI is InChI=1S/C30H27F2N5O2S2/c1-17-6-11-23(32)22(15-17)28-35-24(26(41-28)19-7-9-20(31)10-8-19)29(39)36-12-4-3-5-21(36)16-33-27(38)25-18(2)34-30-37(25)13-14-40-30/h6-11,13-15,21H,3-5,12,16H2,1-2H3,(H,33,38)/t21-/m0/s1. The number of carbonyl (C=O) groups is 2. The Labute approximate surface area is 243 Å². The number of aryl methyl sites for hydroxylation is 2. The van der Waals surface area contributed by atoms with Crippen molar-refractivity contribution in [1.82, 2.24) is 24.6 Å². The molecule has 0 bridgehead atoms. The monoisotopic (exact) mass is 591 g/mol. The largest absolute Gasteiger partial charge is 0.349 e. The molecule has 2 amide bonds. The Bertz CT molecular complexity index is 1760. The minimum atomic E-state index is -0.428. The SMILES string of the molecule is Cc1ccc(F)c(-c2nc(C(=O)N3CCCC[C@H]3CNC(=O)c3c(C)nc4sccn34)c(-c3ccc(F)cc3)s2)c1. The Morgan fingerprint density at radius 1 is 1.07 bits per heavy atom. The minimum absolute atomic E-state index is 0.197. The smallest absolute Gasteiger partial charge is 0.274 e. The van der Waals surface area contributed by atoms with Gasteiger partial charge in [0.15, 0.2) is 4.96 Å². The summed E-state index contributed by atoms with van der Waals surface area (Å²) in [5.41, 5.74) is 3.14. The van der Waals surface area contributed by atoms with Crippen LogP contribution in [0.15, 0.2) is 54.0 Å². The van der Waals surface area contributed by atoms with E-state index in [-0.39, 0.29) is 30.1 Å². The Balaban J connectivity index is 1.31. The second kappa shape index (κ2) is 11.1. The Morgan fingerprint density at radius 3 is 2.68 bits per heavy atom. The average Bonchev–Trinajstić information content (AvgIpc) is 3.68. The summed E-state index contributed by atoms with van der Waals surface area (Å²) in [5.74, 6) is -1.36. The van der Waals surface area contributed by atoms with Crippen molar-refractivity contribution in [2.75, 3.05) is 13.1 Å². The predicted molar refractivity (Wildman–Crippen MR) is 156 cm³/mol. The zero-order chi connectivity index (χ0) is 28.7. The van der Waals surface area contributed by atoms with Gasteiger partial charge in [0.05, 0.1) is 10.6 Å². The fraction of sp³-hybridized carbons (Fsp3) is 0.267. The van der Waals surface area contributed by atoms with E-state index < -0.39 is 11.6 Å². The molecular formula is C30H27F2N5O2S2. The van der Waals surface area contributed by atoms with Crippen molar-refractivity contribution in [3.8, 4) is 21.0 Å². The number of nitrogens with zero attached hydrogens (tertiary/aromatic N) is 4. The lowest BCUT2D eigenvalue weighted by Crippen LogP contribution is -2.49. The van der Waals surface area contributed by atoms with Crippen LogP contribution in [0.1, 0.15) is 51.5 Å². The third-order valence-electron chi connectivity index (χ3n) is 7.33. The summed E-state index contributed by atoms with van der Waals surface area (Å²) in [7, 11) is 0. The third-order valence-corrected chi connectivity index (χ3v) is 9.22. The number of hydrogen-bond donors (Lipinski definition) is 1. The van der Waals surface area contributed by atoms with Crippen LogP contribution < -0.4 is 5.32 Å². The molecule has 1 aliphatic rings. The van der Waals surface area contributed by atoms with Gasteiger partial charge in [-0.15, -0.1) is 22.7 Å². The molecule has 0 unspecified atom stereocenters. The number of nitrogens with one attached hydrogen (secondary N) is 1. The van der Waals surface area contributed by atoms with Crippen molar-refractivity contribution < 1.29 is 18.4 Å². The summed E-state index contributed by atoms with van der Waals surface area (Å²) in [4.78, 5) is 39.4. The maximum absolute atomic E-state index is 14.8. The molecule has 1 N–H and O–H groups in total. The number of fused-ring (bicyclic) bond motifs is 1. The quantitative estimate of drug-likeness (QED) is 0.244. The summed E-state index contributed by atoms with van der Waals surface area (Å²) in [6.07, 6.45) is 4.29.